The van der Waals surface area contributed by atoms with Crippen LogP contribution in [-0.4, -0.2) is 30.9 Å². The van der Waals surface area contributed by atoms with E-state index in [0.717, 1.165) is 68.3 Å². The Kier molecular flexibility index (Phi) is 4.78. The maximum Gasteiger partial charge on any atom is 0.226 e. The molecule has 1 unspecified atom stereocenters. The van der Waals surface area contributed by atoms with Gasteiger partial charge in [-0.2, -0.15) is 0 Å². The van der Waals surface area contributed by atoms with E-state index >= 15 is 0 Å². The molecule has 1 N–H and O–H groups in total. The number of furan rings is 1. The Hall–Kier alpha value is -1.81. The van der Waals surface area contributed by atoms with Crippen molar-refractivity contribution in [2.75, 3.05) is 20.1 Å². The van der Waals surface area contributed by atoms with Crippen molar-refractivity contribution < 1.29 is 9.21 Å². The Balaban J connectivity index is 1.52. The second-order valence-corrected chi connectivity index (χ2v) is 8.17. The minimum atomic E-state index is 0.229. The summed E-state index contributed by atoms with van der Waals surface area (Å²) in [6, 6.07) is 8.21. The number of hydrogen-bond acceptors (Lipinski definition) is 3. The van der Waals surface area contributed by atoms with Crippen LogP contribution in [0.15, 0.2) is 28.7 Å². The van der Waals surface area contributed by atoms with Gasteiger partial charge < -0.3 is 14.6 Å². The third kappa shape index (κ3) is 3.16. The zero-order valence-electron chi connectivity index (χ0n) is 16.0. The lowest BCUT2D eigenvalue weighted by atomic mass is 9.91. The van der Waals surface area contributed by atoms with Crippen LogP contribution in [0.25, 0.3) is 11.0 Å². The van der Waals surface area contributed by atoms with Crippen LogP contribution in [-0.2, 0) is 17.8 Å². The number of nitrogens with one attached hydrogen (secondary N) is 1. The first-order valence-electron chi connectivity index (χ1n) is 10.1. The van der Waals surface area contributed by atoms with Crippen molar-refractivity contribution in [1.82, 2.24) is 10.2 Å². The zero-order chi connectivity index (χ0) is 18.1. The average molecular weight is 354 g/mol. The van der Waals surface area contributed by atoms with Crippen LogP contribution < -0.4 is 5.32 Å². The molecular formula is C22H30N2O2. The van der Waals surface area contributed by atoms with Gasteiger partial charge in [-0.1, -0.05) is 31.5 Å². The fourth-order valence-electron chi connectivity index (χ4n) is 4.62. The number of aryl methyl sites for hydroxylation is 1. The van der Waals surface area contributed by atoms with Crippen LogP contribution in [0.3, 0.4) is 0 Å². The number of nitrogens with zero attached hydrogens (tertiary/aromatic N) is 1. The highest BCUT2D eigenvalue weighted by atomic mass is 16.3. The Morgan fingerprint density at radius 3 is 2.85 bits per heavy atom. The van der Waals surface area contributed by atoms with Crippen LogP contribution in [0, 0.1) is 11.3 Å². The second kappa shape index (κ2) is 7.07. The standard InChI is InChI=1S/C22H30N2O2/c1-3-4-8-20-17(16-7-5-6-9-19(16)26-20)15-24(2)21(25)18-14-22(18)10-12-23-13-11-22/h5-7,9,18,23H,3-4,8,10-15H2,1-2H3. The van der Waals surface area contributed by atoms with Gasteiger partial charge in [-0.25, -0.2) is 0 Å². The van der Waals surface area contributed by atoms with E-state index in [-0.39, 0.29) is 5.92 Å². The van der Waals surface area contributed by atoms with Gasteiger partial charge >= 0.3 is 0 Å². The number of para-hydroxylation sites is 1. The molecule has 1 aromatic heterocycles. The first kappa shape index (κ1) is 17.6. The van der Waals surface area contributed by atoms with E-state index in [1.54, 1.807) is 0 Å². The first-order chi connectivity index (χ1) is 12.6. The van der Waals surface area contributed by atoms with Crippen molar-refractivity contribution >= 4 is 16.9 Å². The molecule has 1 aromatic carbocycles. The highest BCUT2D eigenvalue weighted by Gasteiger charge is 2.58. The van der Waals surface area contributed by atoms with Crippen molar-refractivity contribution in [2.24, 2.45) is 11.3 Å². The predicted octanol–water partition coefficient (Wildman–Crippen LogP) is 4.12. The van der Waals surface area contributed by atoms with Gasteiger partial charge in [0.1, 0.15) is 11.3 Å². The molecule has 1 aliphatic heterocycles. The highest BCUT2D eigenvalue weighted by Crippen LogP contribution is 2.59. The van der Waals surface area contributed by atoms with E-state index in [9.17, 15) is 4.79 Å². The van der Waals surface area contributed by atoms with Gasteiger partial charge in [0.05, 0.1) is 0 Å². The highest BCUT2D eigenvalue weighted by molar-refractivity contribution is 5.85. The second-order valence-electron chi connectivity index (χ2n) is 8.17. The molecule has 2 fully saturated rings. The Morgan fingerprint density at radius 1 is 1.31 bits per heavy atom. The summed E-state index contributed by atoms with van der Waals surface area (Å²) in [6.07, 6.45) is 6.57. The average Bonchev–Trinajstić information content (AvgIpc) is 3.23. The van der Waals surface area contributed by atoms with E-state index < -0.39 is 0 Å². The predicted molar refractivity (Wildman–Crippen MR) is 104 cm³/mol. The molecule has 4 nitrogen and oxygen atoms in total. The molecule has 0 radical (unpaired) electrons. The maximum absolute atomic E-state index is 13.0. The van der Waals surface area contributed by atoms with Crippen LogP contribution in [0.1, 0.15) is 50.4 Å². The van der Waals surface area contributed by atoms with E-state index in [2.05, 4.69) is 24.4 Å². The molecule has 1 atom stereocenters. The van der Waals surface area contributed by atoms with Gasteiger partial charge in [0, 0.05) is 36.9 Å². The van der Waals surface area contributed by atoms with E-state index in [1.165, 1.54) is 5.56 Å². The molecule has 4 heteroatoms. The maximum atomic E-state index is 13.0. The van der Waals surface area contributed by atoms with Crippen molar-refractivity contribution in [3.05, 3.63) is 35.6 Å². The van der Waals surface area contributed by atoms with Crippen molar-refractivity contribution in [2.45, 2.75) is 52.0 Å². The number of piperidine rings is 1. The lowest BCUT2D eigenvalue weighted by molar-refractivity contribution is -0.132. The summed E-state index contributed by atoms with van der Waals surface area (Å²) in [5.41, 5.74) is 2.43. The molecule has 1 spiro atoms. The molecule has 1 aliphatic carbocycles. The monoisotopic (exact) mass is 354 g/mol. The Labute approximate surface area is 155 Å². The fraction of sp³-hybridized carbons (Fsp3) is 0.591. The first-order valence-corrected chi connectivity index (χ1v) is 10.1. The Bertz CT molecular complexity index is 789. The largest absolute Gasteiger partial charge is 0.461 e. The third-order valence-corrected chi connectivity index (χ3v) is 6.40. The zero-order valence-corrected chi connectivity index (χ0v) is 16.0. The van der Waals surface area contributed by atoms with Gasteiger partial charge in [0.15, 0.2) is 0 Å². The SMILES string of the molecule is CCCCc1oc2ccccc2c1CN(C)C(=O)C1CC12CCNCC2. The summed E-state index contributed by atoms with van der Waals surface area (Å²) in [5.74, 6) is 1.60. The minimum Gasteiger partial charge on any atom is -0.461 e. The minimum absolute atomic E-state index is 0.229. The summed E-state index contributed by atoms with van der Waals surface area (Å²) in [6.45, 7) is 4.96. The number of carbonyl (C=O) groups is 1. The van der Waals surface area contributed by atoms with Crippen molar-refractivity contribution in [3.63, 3.8) is 0 Å². The van der Waals surface area contributed by atoms with E-state index in [1.807, 2.05) is 24.1 Å². The molecule has 4 rings (SSSR count). The number of amides is 1. The fourth-order valence-corrected chi connectivity index (χ4v) is 4.62. The lowest BCUT2D eigenvalue weighted by Crippen LogP contribution is -2.34. The van der Waals surface area contributed by atoms with Gasteiger partial charge in [-0.3, -0.25) is 4.79 Å². The third-order valence-electron chi connectivity index (χ3n) is 6.40. The summed E-state index contributed by atoms with van der Waals surface area (Å²) in [7, 11) is 1.96. The van der Waals surface area contributed by atoms with Crippen LogP contribution >= 0.6 is 0 Å². The van der Waals surface area contributed by atoms with Gasteiger partial charge in [-0.05, 0) is 50.3 Å². The lowest BCUT2D eigenvalue weighted by Gasteiger charge is -2.25. The number of rotatable bonds is 6. The van der Waals surface area contributed by atoms with Crippen LogP contribution in [0.4, 0.5) is 0 Å². The summed E-state index contributed by atoms with van der Waals surface area (Å²) in [4.78, 5) is 15.0. The molecule has 1 saturated carbocycles. The molecule has 26 heavy (non-hydrogen) atoms. The number of hydrogen-bond donors (Lipinski definition) is 1. The topological polar surface area (TPSA) is 45.5 Å². The summed E-state index contributed by atoms with van der Waals surface area (Å²) in [5, 5.41) is 4.57. The van der Waals surface area contributed by atoms with Gasteiger partial charge in [0.25, 0.3) is 0 Å². The smallest absolute Gasteiger partial charge is 0.226 e. The molecule has 1 amide bonds. The molecule has 2 heterocycles. The molecular weight excluding hydrogens is 324 g/mol. The summed E-state index contributed by atoms with van der Waals surface area (Å²) >= 11 is 0. The molecule has 2 aromatic rings. The number of fused-ring (bicyclic) bond motifs is 1. The van der Waals surface area contributed by atoms with E-state index in [4.69, 9.17) is 4.42 Å². The molecule has 140 valence electrons. The summed E-state index contributed by atoms with van der Waals surface area (Å²) < 4.78 is 6.12. The van der Waals surface area contributed by atoms with Crippen LogP contribution in [0.5, 0.6) is 0 Å². The molecule has 2 aliphatic rings. The number of unbranched alkanes of at least 4 members (excludes halogenated alkanes) is 1. The van der Waals surface area contributed by atoms with Gasteiger partial charge in [-0.15, -0.1) is 0 Å². The van der Waals surface area contributed by atoms with Crippen molar-refractivity contribution in [3.8, 4) is 0 Å². The van der Waals surface area contributed by atoms with Crippen LogP contribution in [0.2, 0.25) is 0 Å². The van der Waals surface area contributed by atoms with E-state index in [0.29, 0.717) is 17.9 Å². The molecule has 0 bridgehead atoms. The molecule has 1 saturated heterocycles. The number of carbonyl (C=O) groups excluding carboxylic acids is 1. The van der Waals surface area contributed by atoms with Gasteiger partial charge in [0.2, 0.25) is 5.91 Å². The normalized spacial score (nSPS) is 21.2. The van der Waals surface area contributed by atoms with Crippen molar-refractivity contribution in [1.29, 1.82) is 0 Å². The Morgan fingerprint density at radius 2 is 2.08 bits per heavy atom. The number of benzene rings is 1. The quantitative estimate of drug-likeness (QED) is 0.848.